The van der Waals surface area contributed by atoms with Crippen LogP contribution in [0.5, 0.6) is 0 Å². The summed E-state index contributed by atoms with van der Waals surface area (Å²) in [5, 5.41) is 9.53. The van der Waals surface area contributed by atoms with Crippen LogP contribution in [0.15, 0.2) is 12.4 Å². The highest BCUT2D eigenvalue weighted by molar-refractivity contribution is 7.16. The number of hydrogen-bond donors (Lipinski definition) is 1. The Hall–Kier alpha value is -1.69. The van der Waals surface area contributed by atoms with Gasteiger partial charge in [0.05, 0.1) is 5.69 Å². The van der Waals surface area contributed by atoms with Crippen molar-refractivity contribution in [1.82, 2.24) is 14.5 Å². The van der Waals surface area contributed by atoms with Crippen LogP contribution in [-0.2, 0) is 7.05 Å². The van der Waals surface area contributed by atoms with Gasteiger partial charge in [-0.1, -0.05) is 0 Å². The molecule has 0 atom stereocenters. The fourth-order valence-corrected chi connectivity index (χ4v) is 2.21. The molecule has 0 saturated heterocycles. The largest absolute Gasteiger partial charge is 0.477 e. The number of aryl methyl sites for hydroxylation is 2. The zero-order valence-corrected chi connectivity index (χ0v) is 9.08. The van der Waals surface area contributed by atoms with Gasteiger partial charge in [0.15, 0.2) is 10.8 Å². The molecule has 0 saturated carbocycles. The predicted molar refractivity (Wildman–Crippen MR) is 56.0 cm³/mol. The van der Waals surface area contributed by atoms with E-state index in [1.165, 1.54) is 0 Å². The Morgan fingerprint density at radius 3 is 2.80 bits per heavy atom. The van der Waals surface area contributed by atoms with Gasteiger partial charge >= 0.3 is 5.97 Å². The lowest BCUT2D eigenvalue weighted by atomic mass is 10.4. The molecule has 0 aliphatic rings. The smallest absolute Gasteiger partial charge is 0.347 e. The summed E-state index contributed by atoms with van der Waals surface area (Å²) in [6, 6.07) is 0. The Balaban J connectivity index is 2.52. The normalized spacial score (nSPS) is 10.5. The first kappa shape index (κ1) is 9.85. The molecule has 0 aliphatic heterocycles. The third kappa shape index (κ3) is 1.63. The minimum Gasteiger partial charge on any atom is -0.477 e. The molecule has 0 aliphatic carbocycles. The average molecular weight is 223 g/mol. The zero-order valence-electron chi connectivity index (χ0n) is 8.26. The molecule has 0 unspecified atom stereocenters. The van der Waals surface area contributed by atoms with Crippen molar-refractivity contribution in [1.29, 1.82) is 0 Å². The molecule has 0 spiro atoms. The summed E-state index contributed by atoms with van der Waals surface area (Å²) < 4.78 is 1.81. The maximum Gasteiger partial charge on any atom is 0.347 e. The first-order valence-corrected chi connectivity index (χ1v) is 5.09. The Kier molecular flexibility index (Phi) is 2.28. The molecule has 78 valence electrons. The summed E-state index contributed by atoms with van der Waals surface area (Å²) in [5.74, 6) is -0.249. The molecule has 0 bridgehead atoms. The minimum absolute atomic E-state index is 0.271. The lowest BCUT2D eigenvalue weighted by Crippen LogP contribution is -1.94. The van der Waals surface area contributed by atoms with Crippen molar-refractivity contribution in [2.45, 2.75) is 6.92 Å². The number of imidazole rings is 1. The van der Waals surface area contributed by atoms with Gasteiger partial charge in [-0.3, -0.25) is 0 Å². The van der Waals surface area contributed by atoms with Crippen molar-refractivity contribution in [2.24, 2.45) is 7.05 Å². The Morgan fingerprint density at radius 2 is 2.33 bits per heavy atom. The maximum absolute atomic E-state index is 10.8. The van der Waals surface area contributed by atoms with E-state index in [0.717, 1.165) is 11.3 Å². The quantitative estimate of drug-likeness (QED) is 0.838. The lowest BCUT2D eigenvalue weighted by Gasteiger charge is -1.94. The predicted octanol–water partition coefficient (Wildman–Crippen LogP) is 1.55. The van der Waals surface area contributed by atoms with E-state index in [1.807, 2.05) is 11.6 Å². The van der Waals surface area contributed by atoms with Gasteiger partial charge in [-0.2, -0.15) is 0 Å². The maximum atomic E-state index is 10.8. The standard InChI is InChI=1S/C9H9N3O2S/c1-5-6(9(13)14)15-8(11-5)7-10-3-4-12(7)2/h3-4H,1-2H3,(H,13,14). The van der Waals surface area contributed by atoms with Gasteiger partial charge in [0.1, 0.15) is 4.88 Å². The number of carboxylic acids is 1. The van der Waals surface area contributed by atoms with E-state index < -0.39 is 5.97 Å². The van der Waals surface area contributed by atoms with Gasteiger partial charge in [0.2, 0.25) is 0 Å². The van der Waals surface area contributed by atoms with Crippen LogP contribution >= 0.6 is 11.3 Å². The van der Waals surface area contributed by atoms with Gasteiger partial charge in [0, 0.05) is 19.4 Å². The third-order valence-corrected chi connectivity index (χ3v) is 3.14. The number of hydrogen-bond acceptors (Lipinski definition) is 4. The van der Waals surface area contributed by atoms with E-state index in [2.05, 4.69) is 9.97 Å². The van der Waals surface area contributed by atoms with Gasteiger partial charge in [-0.05, 0) is 6.92 Å². The molecule has 2 rings (SSSR count). The van der Waals surface area contributed by atoms with Crippen LogP contribution in [0.1, 0.15) is 15.4 Å². The van der Waals surface area contributed by atoms with E-state index >= 15 is 0 Å². The van der Waals surface area contributed by atoms with Crippen LogP contribution in [0.2, 0.25) is 0 Å². The van der Waals surface area contributed by atoms with E-state index in [0.29, 0.717) is 16.5 Å². The molecule has 2 aromatic rings. The van der Waals surface area contributed by atoms with Crippen LogP contribution in [0.25, 0.3) is 10.8 Å². The number of thiazole rings is 1. The molecular weight excluding hydrogens is 214 g/mol. The molecular formula is C9H9N3O2S. The van der Waals surface area contributed by atoms with Crippen LogP contribution in [0.4, 0.5) is 0 Å². The van der Waals surface area contributed by atoms with Crippen molar-refractivity contribution in [3.05, 3.63) is 23.0 Å². The molecule has 2 aromatic heterocycles. The summed E-state index contributed by atoms with van der Waals surface area (Å²) in [6.07, 6.45) is 3.46. The minimum atomic E-state index is -0.939. The third-order valence-electron chi connectivity index (χ3n) is 2.00. The topological polar surface area (TPSA) is 68.0 Å². The first-order chi connectivity index (χ1) is 7.09. The fourth-order valence-electron chi connectivity index (χ4n) is 1.26. The number of nitrogens with zero attached hydrogens (tertiary/aromatic N) is 3. The van der Waals surface area contributed by atoms with Crippen LogP contribution in [-0.4, -0.2) is 25.6 Å². The first-order valence-electron chi connectivity index (χ1n) is 4.28. The number of carboxylic acid groups (broad SMARTS) is 1. The van der Waals surface area contributed by atoms with Crippen LogP contribution in [0, 0.1) is 6.92 Å². The van der Waals surface area contributed by atoms with Crippen molar-refractivity contribution in [2.75, 3.05) is 0 Å². The van der Waals surface area contributed by atoms with Crippen LogP contribution < -0.4 is 0 Å². The Labute approximate surface area is 90.0 Å². The van der Waals surface area contributed by atoms with E-state index in [9.17, 15) is 4.79 Å². The molecule has 5 nitrogen and oxygen atoms in total. The number of aromatic carboxylic acids is 1. The highest BCUT2D eigenvalue weighted by Crippen LogP contribution is 2.26. The van der Waals surface area contributed by atoms with Crippen LogP contribution in [0.3, 0.4) is 0 Å². The molecule has 0 fully saturated rings. The SMILES string of the molecule is Cc1nc(-c2nccn2C)sc1C(=O)O. The highest BCUT2D eigenvalue weighted by atomic mass is 32.1. The Bertz CT molecular complexity index is 515. The summed E-state index contributed by atoms with van der Waals surface area (Å²) in [7, 11) is 1.85. The van der Waals surface area contributed by atoms with E-state index in [4.69, 9.17) is 5.11 Å². The molecule has 0 aromatic carbocycles. The molecule has 0 amide bonds. The second kappa shape index (κ2) is 3.47. The summed E-state index contributed by atoms with van der Waals surface area (Å²) in [5.41, 5.74) is 0.533. The summed E-state index contributed by atoms with van der Waals surface area (Å²) in [4.78, 5) is 19.4. The molecule has 0 radical (unpaired) electrons. The summed E-state index contributed by atoms with van der Waals surface area (Å²) in [6.45, 7) is 1.69. The van der Waals surface area contributed by atoms with Gasteiger partial charge in [-0.25, -0.2) is 14.8 Å². The lowest BCUT2D eigenvalue weighted by molar-refractivity contribution is 0.0701. The van der Waals surface area contributed by atoms with Crippen molar-refractivity contribution >= 4 is 17.3 Å². The van der Waals surface area contributed by atoms with Gasteiger partial charge in [-0.15, -0.1) is 11.3 Å². The monoisotopic (exact) mass is 223 g/mol. The number of carbonyl (C=O) groups is 1. The second-order valence-corrected chi connectivity index (χ2v) is 4.10. The van der Waals surface area contributed by atoms with E-state index in [1.54, 1.807) is 19.3 Å². The van der Waals surface area contributed by atoms with E-state index in [-0.39, 0.29) is 4.88 Å². The molecule has 2 heterocycles. The van der Waals surface area contributed by atoms with Gasteiger partial charge in [0.25, 0.3) is 0 Å². The molecule has 6 heteroatoms. The fraction of sp³-hybridized carbons (Fsp3) is 0.222. The second-order valence-electron chi connectivity index (χ2n) is 3.10. The van der Waals surface area contributed by atoms with Crippen molar-refractivity contribution in [3.8, 4) is 10.8 Å². The number of rotatable bonds is 2. The van der Waals surface area contributed by atoms with Gasteiger partial charge < -0.3 is 9.67 Å². The molecule has 15 heavy (non-hydrogen) atoms. The highest BCUT2D eigenvalue weighted by Gasteiger charge is 2.16. The summed E-state index contributed by atoms with van der Waals surface area (Å²) >= 11 is 1.15. The Morgan fingerprint density at radius 1 is 1.60 bits per heavy atom. The number of aromatic nitrogens is 3. The van der Waals surface area contributed by atoms with Crippen molar-refractivity contribution in [3.63, 3.8) is 0 Å². The zero-order chi connectivity index (χ0) is 11.0. The average Bonchev–Trinajstić information content (AvgIpc) is 2.71. The molecule has 1 N–H and O–H groups in total. The van der Waals surface area contributed by atoms with Crippen molar-refractivity contribution < 1.29 is 9.90 Å².